The molecular weight excluding hydrogens is 270 g/mol. The average Bonchev–Trinajstić information content (AvgIpc) is 3.03. The molecule has 1 aromatic heterocycles. The second-order valence-electron chi connectivity index (χ2n) is 5.10. The van der Waals surface area contributed by atoms with Crippen LogP contribution in [0, 0.1) is 5.92 Å². The monoisotopic (exact) mass is 293 g/mol. The average molecular weight is 293 g/mol. The molecule has 2 rings (SSSR count). The Morgan fingerprint density at radius 3 is 3.14 bits per heavy atom. The lowest BCUT2D eigenvalue weighted by Gasteiger charge is -2.24. The number of aromatic nitrogens is 1. The number of nitrogens with zero attached hydrogens (tertiary/aromatic N) is 2. The van der Waals surface area contributed by atoms with Crippen molar-refractivity contribution in [2.75, 3.05) is 33.4 Å². The van der Waals surface area contributed by atoms with E-state index in [-0.39, 0.29) is 6.03 Å². The molecule has 1 aliphatic rings. The van der Waals surface area contributed by atoms with Crippen molar-refractivity contribution >= 4 is 6.03 Å². The third-order valence-electron chi connectivity index (χ3n) is 3.64. The van der Waals surface area contributed by atoms with Gasteiger partial charge in [0, 0.05) is 43.9 Å². The van der Waals surface area contributed by atoms with Crippen LogP contribution < -0.4 is 10.1 Å². The van der Waals surface area contributed by atoms with Gasteiger partial charge in [-0.3, -0.25) is 0 Å². The zero-order chi connectivity index (χ0) is 15.1. The molecule has 1 aliphatic heterocycles. The van der Waals surface area contributed by atoms with Crippen LogP contribution in [-0.2, 0) is 11.3 Å². The fourth-order valence-corrected chi connectivity index (χ4v) is 2.42. The summed E-state index contributed by atoms with van der Waals surface area (Å²) < 4.78 is 10.5. The van der Waals surface area contributed by atoms with Gasteiger partial charge >= 0.3 is 6.03 Å². The van der Waals surface area contributed by atoms with Crippen LogP contribution in [0.15, 0.2) is 18.3 Å². The van der Waals surface area contributed by atoms with Gasteiger partial charge in [-0.2, -0.15) is 0 Å². The van der Waals surface area contributed by atoms with Gasteiger partial charge in [-0.15, -0.1) is 0 Å². The smallest absolute Gasteiger partial charge is 0.317 e. The quantitative estimate of drug-likeness (QED) is 0.866. The molecule has 1 atom stereocenters. The summed E-state index contributed by atoms with van der Waals surface area (Å²) in [6.45, 7) is 5.38. The van der Waals surface area contributed by atoms with E-state index in [4.69, 9.17) is 9.47 Å². The normalized spacial score (nSPS) is 17.5. The van der Waals surface area contributed by atoms with Crippen molar-refractivity contribution in [1.29, 1.82) is 0 Å². The molecule has 21 heavy (non-hydrogen) atoms. The van der Waals surface area contributed by atoms with Crippen LogP contribution in [0.2, 0.25) is 0 Å². The molecule has 1 saturated heterocycles. The van der Waals surface area contributed by atoms with E-state index in [0.29, 0.717) is 24.9 Å². The minimum Gasteiger partial charge on any atom is -0.481 e. The Bertz CT molecular complexity index is 461. The summed E-state index contributed by atoms with van der Waals surface area (Å²) >= 11 is 0. The van der Waals surface area contributed by atoms with Gasteiger partial charge < -0.3 is 19.7 Å². The molecule has 0 radical (unpaired) electrons. The minimum absolute atomic E-state index is 0.0599. The summed E-state index contributed by atoms with van der Waals surface area (Å²) in [4.78, 5) is 18.2. The third kappa shape index (κ3) is 4.32. The third-order valence-corrected chi connectivity index (χ3v) is 3.64. The second-order valence-corrected chi connectivity index (χ2v) is 5.10. The summed E-state index contributed by atoms with van der Waals surface area (Å²) in [5, 5.41) is 2.92. The molecule has 0 bridgehead atoms. The first-order chi connectivity index (χ1) is 10.2. The van der Waals surface area contributed by atoms with Crippen molar-refractivity contribution in [1.82, 2.24) is 15.2 Å². The summed E-state index contributed by atoms with van der Waals surface area (Å²) in [5.41, 5.74) is 0.869. The zero-order valence-electron chi connectivity index (χ0n) is 12.7. The van der Waals surface area contributed by atoms with Gasteiger partial charge in [-0.1, -0.05) is 6.07 Å². The molecule has 0 aliphatic carbocycles. The van der Waals surface area contributed by atoms with Crippen molar-refractivity contribution in [2.45, 2.75) is 19.9 Å². The lowest BCUT2D eigenvalue weighted by molar-refractivity contribution is 0.166. The number of hydrogen-bond acceptors (Lipinski definition) is 4. The predicted molar refractivity (Wildman–Crippen MR) is 79.2 cm³/mol. The van der Waals surface area contributed by atoms with E-state index in [2.05, 4.69) is 10.3 Å². The molecule has 1 N–H and O–H groups in total. The molecule has 0 unspecified atom stereocenters. The molecule has 6 nitrogen and oxygen atoms in total. The largest absolute Gasteiger partial charge is 0.481 e. The van der Waals surface area contributed by atoms with E-state index >= 15 is 0 Å². The SMILES string of the molecule is CCN(C[C@@H]1CCOC1)C(=O)NCc1cccnc1OC. The maximum atomic E-state index is 12.2. The molecule has 1 fully saturated rings. The van der Waals surface area contributed by atoms with Gasteiger partial charge in [0.15, 0.2) is 0 Å². The van der Waals surface area contributed by atoms with Gasteiger partial charge in [-0.25, -0.2) is 9.78 Å². The van der Waals surface area contributed by atoms with Crippen LogP contribution in [-0.4, -0.2) is 49.3 Å². The Balaban J connectivity index is 1.86. The fourth-order valence-electron chi connectivity index (χ4n) is 2.42. The first kappa shape index (κ1) is 15.6. The van der Waals surface area contributed by atoms with Crippen molar-refractivity contribution in [3.63, 3.8) is 0 Å². The Morgan fingerprint density at radius 2 is 2.48 bits per heavy atom. The molecule has 2 heterocycles. The molecule has 2 amide bonds. The first-order valence-corrected chi connectivity index (χ1v) is 7.33. The molecule has 1 aromatic rings. The number of ether oxygens (including phenoxy) is 2. The molecular formula is C15H23N3O3. The van der Waals surface area contributed by atoms with Crippen molar-refractivity contribution in [3.8, 4) is 5.88 Å². The summed E-state index contributed by atoms with van der Waals surface area (Å²) in [5.74, 6) is 0.994. The minimum atomic E-state index is -0.0599. The molecule has 6 heteroatoms. The number of nitrogens with one attached hydrogen (secondary N) is 1. The van der Waals surface area contributed by atoms with Gasteiger partial charge in [-0.05, 0) is 19.4 Å². The van der Waals surface area contributed by atoms with Gasteiger partial charge in [0.25, 0.3) is 0 Å². The van der Waals surface area contributed by atoms with Gasteiger partial charge in [0.1, 0.15) is 0 Å². The van der Waals surface area contributed by atoms with Gasteiger partial charge in [0.2, 0.25) is 5.88 Å². The predicted octanol–water partition coefficient (Wildman–Crippen LogP) is 1.66. The highest BCUT2D eigenvalue weighted by Crippen LogP contribution is 2.15. The summed E-state index contributed by atoms with van der Waals surface area (Å²) in [6, 6.07) is 3.67. The Morgan fingerprint density at radius 1 is 1.62 bits per heavy atom. The van der Waals surface area contributed by atoms with E-state index in [0.717, 1.165) is 31.7 Å². The highest BCUT2D eigenvalue weighted by atomic mass is 16.5. The van der Waals surface area contributed by atoms with Gasteiger partial charge in [0.05, 0.1) is 13.7 Å². The standard InChI is InChI=1S/C15H23N3O3/c1-3-18(10-12-6-8-21-11-12)15(19)17-9-13-5-4-7-16-14(13)20-2/h4-5,7,12H,3,6,8-11H2,1-2H3,(H,17,19)/t12-/m0/s1. The maximum Gasteiger partial charge on any atom is 0.317 e. The van der Waals surface area contributed by atoms with Crippen LogP contribution in [0.4, 0.5) is 4.79 Å². The van der Waals surface area contributed by atoms with Crippen LogP contribution in [0.5, 0.6) is 5.88 Å². The summed E-state index contributed by atoms with van der Waals surface area (Å²) in [6.07, 6.45) is 2.70. The van der Waals surface area contributed by atoms with E-state index in [1.807, 2.05) is 24.0 Å². The Labute approximate surface area is 125 Å². The lowest BCUT2D eigenvalue weighted by atomic mass is 10.1. The highest BCUT2D eigenvalue weighted by Gasteiger charge is 2.21. The fraction of sp³-hybridized carbons (Fsp3) is 0.600. The summed E-state index contributed by atoms with van der Waals surface area (Å²) in [7, 11) is 1.58. The lowest BCUT2D eigenvalue weighted by Crippen LogP contribution is -2.42. The number of methoxy groups -OCH3 is 1. The zero-order valence-corrected chi connectivity index (χ0v) is 12.7. The topological polar surface area (TPSA) is 63.7 Å². The highest BCUT2D eigenvalue weighted by molar-refractivity contribution is 5.74. The van der Waals surface area contributed by atoms with Crippen LogP contribution in [0.1, 0.15) is 18.9 Å². The number of rotatable bonds is 6. The number of hydrogen-bond donors (Lipinski definition) is 1. The van der Waals surface area contributed by atoms with Crippen molar-refractivity contribution in [2.24, 2.45) is 5.92 Å². The van der Waals surface area contributed by atoms with Crippen molar-refractivity contribution in [3.05, 3.63) is 23.9 Å². The Hall–Kier alpha value is -1.82. The molecule has 116 valence electrons. The van der Waals surface area contributed by atoms with E-state index in [9.17, 15) is 4.79 Å². The van der Waals surface area contributed by atoms with Crippen LogP contribution in [0.3, 0.4) is 0 Å². The van der Waals surface area contributed by atoms with E-state index in [1.54, 1.807) is 13.3 Å². The van der Waals surface area contributed by atoms with Crippen LogP contribution in [0.25, 0.3) is 0 Å². The van der Waals surface area contributed by atoms with E-state index in [1.165, 1.54) is 0 Å². The number of amides is 2. The Kier molecular flexibility index (Phi) is 5.80. The maximum absolute atomic E-state index is 12.2. The number of pyridine rings is 1. The first-order valence-electron chi connectivity index (χ1n) is 7.33. The second kappa shape index (κ2) is 7.83. The number of carbonyl (C=O) groups is 1. The molecule has 0 aromatic carbocycles. The molecule has 0 saturated carbocycles. The van der Waals surface area contributed by atoms with E-state index < -0.39 is 0 Å². The number of carbonyl (C=O) groups excluding carboxylic acids is 1. The molecule has 0 spiro atoms. The number of urea groups is 1. The van der Waals surface area contributed by atoms with Crippen LogP contribution >= 0.6 is 0 Å². The van der Waals surface area contributed by atoms with Crippen molar-refractivity contribution < 1.29 is 14.3 Å².